The number of carbonyl (C=O) groups excluding carboxylic acids is 1. The summed E-state index contributed by atoms with van der Waals surface area (Å²) in [5.74, 6) is -1.88. The second-order valence-electron chi connectivity index (χ2n) is 5.16. The summed E-state index contributed by atoms with van der Waals surface area (Å²) >= 11 is 3.35. The zero-order valence-corrected chi connectivity index (χ0v) is 13.9. The first-order valence-electron chi connectivity index (χ1n) is 6.83. The van der Waals surface area contributed by atoms with Crippen molar-refractivity contribution in [3.05, 3.63) is 69.7 Å². The minimum atomic E-state index is -0.905. The van der Waals surface area contributed by atoms with Gasteiger partial charge in [0.25, 0.3) is 0 Å². The molecule has 0 aliphatic rings. The first-order valence-corrected chi connectivity index (χ1v) is 7.63. The standard InChI is InChI=1S/C17H16BrF2NO/c1-11(13-5-8-15(19)16(20)10-13)21(2)17(22)9-12-3-6-14(18)7-4-12/h3-8,10-11H,9H2,1-2H3. The zero-order chi connectivity index (χ0) is 16.3. The van der Waals surface area contributed by atoms with Crippen molar-refractivity contribution in [1.82, 2.24) is 4.90 Å². The van der Waals surface area contributed by atoms with Crippen molar-refractivity contribution >= 4 is 21.8 Å². The monoisotopic (exact) mass is 367 g/mol. The van der Waals surface area contributed by atoms with E-state index in [1.165, 1.54) is 11.0 Å². The maximum Gasteiger partial charge on any atom is 0.227 e. The van der Waals surface area contributed by atoms with Gasteiger partial charge in [-0.3, -0.25) is 4.79 Å². The maximum absolute atomic E-state index is 13.3. The molecule has 116 valence electrons. The summed E-state index contributed by atoms with van der Waals surface area (Å²) in [5, 5.41) is 0. The van der Waals surface area contributed by atoms with Gasteiger partial charge in [-0.05, 0) is 42.3 Å². The zero-order valence-electron chi connectivity index (χ0n) is 12.3. The van der Waals surface area contributed by atoms with Gasteiger partial charge in [0.1, 0.15) is 0 Å². The van der Waals surface area contributed by atoms with Gasteiger partial charge in [0.05, 0.1) is 12.5 Å². The molecule has 5 heteroatoms. The lowest BCUT2D eigenvalue weighted by atomic mass is 10.1. The van der Waals surface area contributed by atoms with Crippen molar-refractivity contribution in [2.75, 3.05) is 7.05 Å². The topological polar surface area (TPSA) is 20.3 Å². The molecular formula is C17H16BrF2NO. The largest absolute Gasteiger partial charge is 0.339 e. The van der Waals surface area contributed by atoms with Crippen LogP contribution in [-0.2, 0) is 11.2 Å². The third kappa shape index (κ3) is 3.91. The van der Waals surface area contributed by atoms with Crippen LogP contribution in [0.15, 0.2) is 46.9 Å². The molecule has 2 nitrogen and oxygen atoms in total. The van der Waals surface area contributed by atoms with Crippen LogP contribution >= 0.6 is 15.9 Å². The summed E-state index contributed by atoms with van der Waals surface area (Å²) in [4.78, 5) is 13.8. The quantitative estimate of drug-likeness (QED) is 0.779. The molecule has 0 aliphatic heterocycles. The van der Waals surface area contributed by atoms with Gasteiger partial charge in [0.15, 0.2) is 11.6 Å². The molecule has 0 saturated carbocycles. The Bertz CT molecular complexity index is 673. The van der Waals surface area contributed by atoms with E-state index in [0.717, 1.165) is 22.2 Å². The minimum Gasteiger partial charge on any atom is -0.339 e. The lowest BCUT2D eigenvalue weighted by Gasteiger charge is -2.25. The van der Waals surface area contributed by atoms with Gasteiger partial charge in [-0.1, -0.05) is 34.1 Å². The molecular weight excluding hydrogens is 352 g/mol. The Hall–Kier alpha value is -1.75. The SMILES string of the molecule is CC(c1ccc(F)c(F)c1)N(C)C(=O)Cc1ccc(Br)cc1. The number of hydrogen-bond donors (Lipinski definition) is 0. The van der Waals surface area contributed by atoms with Crippen molar-refractivity contribution in [3.8, 4) is 0 Å². The lowest BCUT2D eigenvalue weighted by Crippen LogP contribution is -2.31. The molecule has 0 saturated heterocycles. The minimum absolute atomic E-state index is 0.0837. The van der Waals surface area contributed by atoms with E-state index in [-0.39, 0.29) is 18.4 Å². The van der Waals surface area contributed by atoms with Crippen molar-refractivity contribution in [3.63, 3.8) is 0 Å². The first-order chi connectivity index (χ1) is 10.4. The highest BCUT2D eigenvalue weighted by molar-refractivity contribution is 9.10. The fraction of sp³-hybridized carbons (Fsp3) is 0.235. The van der Waals surface area contributed by atoms with Crippen LogP contribution in [0.4, 0.5) is 8.78 Å². The number of likely N-dealkylation sites (N-methyl/N-ethyl adjacent to an activating group) is 1. The summed E-state index contributed by atoms with van der Waals surface area (Å²) in [6.45, 7) is 1.78. The van der Waals surface area contributed by atoms with E-state index < -0.39 is 11.6 Å². The highest BCUT2D eigenvalue weighted by Crippen LogP contribution is 2.22. The predicted molar refractivity (Wildman–Crippen MR) is 85.4 cm³/mol. The lowest BCUT2D eigenvalue weighted by molar-refractivity contribution is -0.131. The average Bonchev–Trinajstić information content (AvgIpc) is 2.50. The molecule has 1 unspecified atom stereocenters. The van der Waals surface area contributed by atoms with Crippen LogP contribution in [0.25, 0.3) is 0 Å². The summed E-state index contributed by atoms with van der Waals surface area (Å²) in [5.41, 5.74) is 1.46. The highest BCUT2D eigenvalue weighted by atomic mass is 79.9. The molecule has 0 N–H and O–H groups in total. The molecule has 0 aromatic heterocycles. The van der Waals surface area contributed by atoms with Crippen molar-refractivity contribution in [2.24, 2.45) is 0 Å². The Morgan fingerprint density at radius 3 is 2.36 bits per heavy atom. The fourth-order valence-electron chi connectivity index (χ4n) is 2.11. The van der Waals surface area contributed by atoms with E-state index in [2.05, 4.69) is 15.9 Å². The number of rotatable bonds is 4. The molecule has 2 aromatic carbocycles. The third-order valence-electron chi connectivity index (χ3n) is 3.67. The van der Waals surface area contributed by atoms with Crippen LogP contribution in [0.1, 0.15) is 24.1 Å². The summed E-state index contributed by atoms with van der Waals surface area (Å²) in [7, 11) is 1.66. The summed E-state index contributed by atoms with van der Waals surface area (Å²) in [6.07, 6.45) is 0.262. The van der Waals surface area contributed by atoms with Crippen LogP contribution in [0.3, 0.4) is 0 Å². The summed E-state index contributed by atoms with van der Waals surface area (Å²) < 4.78 is 27.2. The van der Waals surface area contributed by atoms with Crippen LogP contribution in [0.5, 0.6) is 0 Å². The first kappa shape index (κ1) is 16.6. The Labute approximate surface area is 136 Å². The van der Waals surface area contributed by atoms with Crippen LogP contribution in [0.2, 0.25) is 0 Å². The van der Waals surface area contributed by atoms with E-state index >= 15 is 0 Å². The molecule has 0 radical (unpaired) electrons. The van der Waals surface area contributed by atoms with Gasteiger partial charge in [0.2, 0.25) is 5.91 Å². The highest BCUT2D eigenvalue weighted by Gasteiger charge is 2.18. The number of halogens is 3. The average molecular weight is 368 g/mol. The van der Waals surface area contributed by atoms with Gasteiger partial charge >= 0.3 is 0 Å². The van der Waals surface area contributed by atoms with Gasteiger partial charge in [0, 0.05) is 11.5 Å². The molecule has 2 rings (SSSR count). The van der Waals surface area contributed by atoms with Gasteiger partial charge in [-0.15, -0.1) is 0 Å². The smallest absolute Gasteiger partial charge is 0.227 e. The Morgan fingerprint density at radius 2 is 1.77 bits per heavy atom. The van der Waals surface area contributed by atoms with Gasteiger partial charge in [-0.25, -0.2) is 8.78 Å². The second kappa shape index (κ2) is 7.01. The Balaban J connectivity index is 2.08. The van der Waals surface area contributed by atoms with E-state index in [1.807, 2.05) is 24.3 Å². The second-order valence-corrected chi connectivity index (χ2v) is 6.07. The number of amides is 1. The number of benzene rings is 2. The maximum atomic E-state index is 13.3. The third-order valence-corrected chi connectivity index (χ3v) is 4.20. The molecule has 22 heavy (non-hydrogen) atoms. The molecule has 0 aliphatic carbocycles. The Kier molecular flexibility index (Phi) is 5.29. The van der Waals surface area contributed by atoms with Crippen molar-refractivity contribution < 1.29 is 13.6 Å². The number of carbonyl (C=O) groups is 1. The number of nitrogens with zero attached hydrogens (tertiary/aromatic N) is 1. The Morgan fingerprint density at radius 1 is 1.14 bits per heavy atom. The van der Waals surface area contributed by atoms with Gasteiger partial charge in [-0.2, -0.15) is 0 Å². The number of hydrogen-bond acceptors (Lipinski definition) is 1. The predicted octanol–water partition coefficient (Wildman–Crippen LogP) is 4.49. The molecule has 1 atom stereocenters. The van der Waals surface area contributed by atoms with Crippen molar-refractivity contribution in [2.45, 2.75) is 19.4 Å². The van der Waals surface area contributed by atoms with Gasteiger partial charge < -0.3 is 4.90 Å². The van der Waals surface area contributed by atoms with E-state index in [9.17, 15) is 13.6 Å². The van der Waals surface area contributed by atoms with Crippen molar-refractivity contribution in [1.29, 1.82) is 0 Å². The molecule has 0 fully saturated rings. The van der Waals surface area contributed by atoms with E-state index in [4.69, 9.17) is 0 Å². The van der Waals surface area contributed by atoms with E-state index in [1.54, 1.807) is 14.0 Å². The molecule has 0 spiro atoms. The normalized spacial score (nSPS) is 12.0. The molecule has 0 bridgehead atoms. The molecule has 1 amide bonds. The van der Waals surface area contributed by atoms with Crippen LogP contribution < -0.4 is 0 Å². The van der Waals surface area contributed by atoms with E-state index in [0.29, 0.717) is 5.56 Å². The molecule has 2 aromatic rings. The van der Waals surface area contributed by atoms with Crippen LogP contribution in [0, 0.1) is 11.6 Å². The van der Waals surface area contributed by atoms with Crippen LogP contribution in [-0.4, -0.2) is 17.9 Å². The molecule has 0 heterocycles. The summed E-state index contributed by atoms with van der Waals surface area (Å²) in [6, 6.07) is 10.9. The fourth-order valence-corrected chi connectivity index (χ4v) is 2.38.